The quantitative estimate of drug-likeness (QED) is 0.611. The van der Waals surface area contributed by atoms with E-state index in [1.165, 1.54) is 0 Å². The second-order valence-electron chi connectivity index (χ2n) is 2.28. The van der Waals surface area contributed by atoms with Crippen molar-refractivity contribution in [2.24, 2.45) is 0 Å². The Labute approximate surface area is 67.2 Å². The van der Waals surface area contributed by atoms with Crippen molar-refractivity contribution in [1.82, 2.24) is 4.98 Å². The number of hydrogen-bond acceptors (Lipinski definition) is 2. The average molecular weight is 150 g/mol. The van der Waals surface area contributed by atoms with Crippen LogP contribution >= 0.6 is 0 Å². The lowest BCUT2D eigenvalue weighted by Gasteiger charge is -2.00. The maximum absolute atomic E-state index is 5.27. The zero-order valence-electron chi connectivity index (χ0n) is 6.66. The molecule has 0 bridgehead atoms. The first-order chi connectivity index (χ1) is 5.43. The van der Waals surface area contributed by atoms with Gasteiger partial charge in [0.2, 0.25) is 0 Å². The lowest BCUT2D eigenvalue weighted by atomic mass is 10.3. The maximum atomic E-state index is 5.27. The molecule has 0 saturated heterocycles. The maximum Gasteiger partial charge on any atom is 0.0731 e. The Morgan fingerprint density at radius 3 is 3.18 bits per heavy atom. The van der Waals surface area contributed by atoms with Crippen molar-refractivity contribution in [3.63, 3.8) is 0 Å². The summed E-state index contributed by atoms with van der Waals surface area (Å²) in [5, 5.41) is 0. The Morgan fingerprint density at radius 2 is 2.55 bits per heavy atom. The van der Waals surface area contributed by atoms with Crippen molar-refractivity contribution in [2.45, 2.75) is 13.5 Å². The first-order valence-corrected chi connectivity index (χ1v) is 3.68. The molecule has 0 N–H and O–H groups in total. The van der Waals surface area contributed by atoms with Crippen LogP contribution in [0.4, 0.5) is 0 Å². The van der Waals surface area contributed by atoms with Crippen molar-refractivity contribution < 1.29 is 4.74 Å². The van der Waals surface area contributed by atoms with Gasteiger partial charge in [0.15, 0.2) is 0 Å². The van der Waals surface area contributed by atoms with Crippen molar-refractivity contribution in [3.05, 3.63) is 36.5 Å². The van der Waals surface area contributed by atoms with E-state index in [1.54, 1.807) is 6.20 Å². The van der Waals surface area contributed by atoms with E-state index < -0.39 is 0 Å². The summed E-state index contributed by atoms with van der Waals surface area (Å²) in [5.41, 5.74) is 1.12. The molecule has 0 aliphatic heterocycles. The van der Waals surface area contributed by atoms with E-state index in [9.17, 15) is 0 Å². The topological polar surface area (TPSA) is 22.1 Å². The molecule has 11 heavy (non-hydrogen) atoms. The first kappa shape index (κ1) is 8.21. The largest absolute Gasteiger partial charge is 0.376 e. The van der Waals surface area contributed by atoms with E-state index in [1.807, 2.05) is 31.7 Å². The Bertz CT molecular complexity index is 186. The fourth-order valence-corrected chi connectivity index (χ4v) is 0.778. The average Bonchev–Trinajstić information content (AvgIpc) is 2.07. The van der Waals surface area contributed by atoms with Crippen LogP contribution in [0.3, 0.4) is 0 Å². The van der Waals surface area contributed by atoms with Crippen LogP contribution in [0.1, 0.15) is 12.5 Å². The molecule has 2 heteroatoms. The summed E-state index contributed by atoms with van der Waals surface area (Å²) in [6.45, 7) is 3.33. The van der Waals surface area contributed by atoms with Crippen molar-refractivity contribution in [1.29, 1.82) is 0 Å². The molecular formula is C9H12NO. The van der Waals surface area contributed by atoms with E-state index in [4.69, 9.17) is 4.74 Å². The number of rotatable bonds is 4. The molecule has 0 aliphatic carbocycles. The van der Waals surface area contributed by atoms with Crippen LogP contribution in [-0.2, 0) is 11.3 Å². The van der Waals surface area contributed by atoms with Crippen LogP contribution in [0.25, 0.3) is 0 Å². The lowest BCUT2D eigenvalue weighted by molar-refractivity contribution is 0.140. The molecule has 0 aromatic carbocycles. The van der Waals surface area contributed by atoms with Gasteiger partial charge in [-0.3, -0.25) is 4.98 Å². The minimum atomic E-state index is 0.651. The molecule has 0 unspecified atom stereocenters. The van der Waals surface area contributed by atoms with Crippen molar-refractivity contribution in [3.8, 4) is 0 Å². The third kappa shape index (κ3) is 3.14. The molecule has 1 radical (unpaired) electrons. The van der Waals surface area contributed by atoms with Gasteiger partial charge in [-0.25, -0.2) is 0 Å². The number of hydrogen-bond donors (Lipinski definition) is 0. The number of aromatic nitrogens is 1. The summed E-state index contributed by atoms with van der Waals surface area (Å²) < 4.78 is 5.27. The molecule has 0 atom stereocenters. The molecule has 0 fully saturated rings. The summed E-state index contributed by atoms with van der Waals surface area (Å²) in [5.74, 6) is 0. The van der Waals surface area contributed by atoms with Gasteiger partial charge in [-0.15, -0.1) is 0 Å². The van der Waals surface area contributed by atoms with Crippen LogP contribution in [0.5, 0.6) is 0 Å². The highest BCUT2D eigenvalue weighted by atomic mass is 16.5. The number of pyridine rings is 1. The van der Waals surface area contributed by atoms with Crippen molar-refractivity contribution in [2.75, 3.05) is 6.61 Å². The smallest absolute Gasteiger partial charge is 0.0731 e. The van der Waals surface area contributed by atoms with E-state index in [2.05, 4.69) is 4.98 Å². The molecule has 0 aliphatic rings. The third-order valence-electron chi connectivity index (χ3n) is 1.28. The summed E-state index contributed by atoms with van der Waals surface area (Å²) in [7, 11) is 0. The van der Waals surface area contributed by atoms with Crippen LogP contribution < -0.4 is 0 Å². The number of ether oxygens (including phenoxy) is 1. The Kier molecular flexibility index (Phi) is 3.62. The van der Waals surface area contributed by atoms with Gasteiger partial charge in [0.25, 0.3) is 0 Å². The standard InChI is InChI=1S/C9H12NO/c1-2-6-11-8-9-4-3-5-10-7-9/h2-5,7H,6,8H2,1H3. The predicted molar refractivity (Wildman–Crippen MR) is 43.9 cm³/mol. The van der Waals surface area contributed by atoms with Gasteiger partial charge in [0.05, 0.1) is 6.61 Å². The summed E-state index contributed by atoms with van der Waals surface area (Å²) >= 11 is 0. The van der Waals surface area contributed by atoms with Crippen LogP contribution in [0, 0.1) is 6.42 Å². The van der Waals surface area contributed by atoms with E-state index >= 15 is 0 Å². The molecule has 1 heterocycles. The molecule has 0 amide bonds. The second-order valence-corrected chi connectivity index (χ2v) is 2.28. The lowest BCUT2D eigenvalue weighted by Crippen LogP contribution is -1.94. The molecule has 1 aromatic rings. The van der Waals surface area contributed by atoms with Gasteiger partial charge < -0.3 is 4.74 Å². The van der Waals surface area contributed by atoms with Crippen LogP contribution in [0.2, 0.25) is 0 Å². The molecule has 2 nitrogen and oxygen atoms in total. The highest BCUT2D eigenvalue weighted by Gasteiger charge is 1.89. The zero-order chi connectivity index (χ0) is 7.94. The summed E-state index contributed by atoms with van der Waals surface area (Å²) in [6, 6.07) is 3.91. The molecule has 1 aromatic heterocycles. The SMILES string of the molecule is C[CH]COCc1cccnc1. The van der Waals surface area contributed by atoms with Gasteiger partial charge in [0, 0.05) is 19.0 Å². The van der Waals surface area contributed by atoms with Gasteiger partial charge in [-0.05, 0) is 18.1 Å². The van der Waals surface area contributed by atoms with Gasteiger partial charge >= 0.3 is 0 Å². The van der Waals surface area contributed by atoms with Crippen molar-refractivity contribution >= 4 is 0 Å². The summed E-state index contributed by atoms with van der Waals surface area (Å²) in [6.07, 6.45) is 5.56. The Morgan fingerprint density at radius 1 is 1.64 bits per heavy atom. The van der Waals surface area contributed by atoms with E-state index in [0.29, 0.717) is 13.2 Å². The van der Waals surface area contributed by atoms with Gasteiger partial charge in [0.1, 0.15) is 0 Å². The highest BCUT2D eigenvalue weighted by molar-refractivity contribution is 5.06. The highest BCUT2D eigenvalue weighted by Crippen LogP contribution is 1.97. The second kappa shape index (κ2) is 4.85. The molecule has 1 rings (SSSR count). The van der Waals surface area contributed by atoms with Gasteiger partial charge in [-0.2, -0.15) is 0 Å². The Balaban J connectivity index is 2.28. The third-order valence-corrected chi connectivity index (χ3v) is 1.28. The fourth-order valence-electron chi connectivity index (χ4n) is 0.778. The first-order valence-electron chi connectivity index (χ1n) is 3.68. The minimum absolute atomic E-state index is 0.651. The van der Waals surface area contributed by atoms with E-state index in [-0.39, 0.29) is 0 Å². The van der Waals surface area contributed by atoms with Crippen LogP contribution in [-0.4, -0.2) is 11.6 Å². The van der Waals surface area contributed by atoms with Crippen LogP contribution in [0.15, 0.2) is 24.5 Å². The number of nitrogens with zero attached hydrogens (tertiary/aromatic N) is 1. The van der Waals surface area contributed by atoms with E-state index in [0.717, 1.165) is 5.56 Å². The Hall–Kier alpha value is -0.890. The fraction of sp³-hybridized carbons (Fsp3) is 0.333. The summed E-state index contributed by atoms with van der Waals surface area (Å²) in [4.78, 5) is 3.97. The molecule has 0 saturated carbocycles. The van der Waals surface area contributed by atoms with Gasteiger partial charge in [-0.1, -0.05) is 13.0 Å². The predicted octanol–water partition coefficient (Wildman–Crippen LogP) is 1.82. The monoisotopic (exact) mass is 150 g/mol. The normalized spacial score (nSPS) is 9.91. The molecule has 0 spiro atoms. The minimum Gasteiger partial charge on any atom is -0.376 e. The zero-order valence-corrected chi connectivity index (χ0v) is 6.66. The molecular weight excluding hydrogens is 138 g/mol. The molecule has 59 valence electrons.